The lowest BCUT2D eigenvalue weighted by Crippen LogP contribution is -2.33. The number of carboxylic acids is 1. The molecule has 0 saturated carbocycles. The van der Waals surface area contributed by atoms with Crippen molar-refractivity contribution in [2.45, 2.75) is 6.42 Å². The maximum absolute atomic E-state index is 12.0. The van der Waals surface area contributed by atoms with E-state index in [0.717, 1.165) is 4.47 Å². The molecule has 1 atom stereocenters. The van der Waals surface area contributed by atoms with E-state index in [2.05, 4.69) is 21.2 Å². The number of carbonyl (C=O) groups is 2. The van der Waals surface area contributed by atoms with Crippen molar-refractivity contribution in [1.82, 2.24) is 4.90 Å². The van der Waals surface area contributed by atoms with Gasteiger partial charge in [-0.1, -0.05) is 27.5 Å². The minimum Gasteiger partial charge on any atom is -0.481 e. The fraction of sp³-hybridized carbons (Fsp3) is 0.333. The van der Waals surface area contributed by atoms with Crippen molar-refractivity contribution >= 4 is 45.2 Å². The highest BCUT2D eigenvalue weighted by atomic mass is 79.9. The maximum Gasteiger partial charge on any atom is 0.321 e. The summed E-state index contributed by atoms with van der Waals surface area (Å²) in [6.07, 6.45) is 0.483. The fourth-order valence-electron chi connectivity index (χ4n) is 1.93. The highest BCUT2D eigenvalue weighted by Crippen LogP contribution is 2.26. The number of carbonyl (C=O) groups excluding carboxylic acids is 1. The van der Waals surface area contributed by atoms with Gasteiger partial charge < -0.3 is 15.3 Å². The van der Waals surface area contributed by atoms with Crippen LogP contribution in [0.1, 0.15) is 6.42 Å². The molecule has 7 heteroatoms. The van der Waals surface area contributed by atoms with Gasteiger partial charge in [0.15, 0.2) is 0 Å². The monoisotopic (exact) mass is 346 g/mol. The van der Waals surface area contributed by atoms with Gasteiger partial charge >= 0.3 is 12.0 Å². The first-order valence-corrected chi connectivity index (χ1v) is 6.88. The lowest BCUT2D eigenvalue weighted by molar-refractivity contribution is -0.141. The van der Waals surface area contributed by atoms with E-state index >= 15 is 0 Å². The smallest absolute Gasteiger partial charge is 0.321 e. The van der Waals surface area contributed by atoms with E-state index in [0.29, 0.717) is 23.7 Å². The first kappa shape index (κ1) is 14.1. The molecule has 5 nitrogen and oxygen atoms in total. The first-order valence-electron chi connectivity index (χ1n) is 5.71. The molecule has 0 bridgehead atoms. The Labute approximate surface area is 123 Å². The minimum absolute atomic E-state index is 0.231. The molecule has 1 fully saturated rings. The Morgan fingerprint density at radius 2 is 2.21 bits per heavy atom. The van der Waals surface area contributed by atoms with E-state index in [4.69, 9.17) is 16.7 Å². The Morgan fingerprint density at radius 1 is 1.47 bits per heavy atom. The molecule has 1 saturated heterocycles. The largest absolute Gasteiger partial charge is 0.481 e. The third kappa shape index (κ3) is 3.39. The number of hydrogen-bond acceptors (Lipinski definition) is 2. The second kappa shape index (κ2) is 5.79. The number of nitrogens with one attached hydrogen (secondary N) is 1. The van der Waals surface area contributed by atoms with Crippen LogP contribution in [0, 0.1) is 5.92 Å². The number of amides is 2. The van der Waals surface area contributed by atoms with Crippen molar-refractivity contribution in [1.29, 1.82) is 0 Å². The highest BCUT2D eigenvalue weighted by Gasteiger charge is 2.30. The summed E-state index contributed by atoms with van der Waals surface area (Å²) in [7, 11) is 0. The normalized spacial score (nSPS) is 18.4. The topological polar surface area (TPSA) is 69.6 Å². The Kier molecular flexibility index (Phi) is 4.31. The summed E-state index contributed by atoms with van der Waals surface area (Å²) in [5.41, 5.74) is 0.508. The Bertz CT molecular complexity index is 524. The van der Waals surface area contributed by atoms with E-state index in [9.17, 15) is 9.59 Å². The Morgan fingerprint density at radius 3 is 2.79 bits per heavy atom. The zero-order valence-electron chi connectivity index (χ0n) is 9.90. The van der Waals surface area contributed by atoms with Crippen LogP contribution in [0.25, 0.3) is 0 Å². The van der Waals surface area contributed by atoms with Crippen LogP contribution in [0.15, 0.2) is 22.7 Å². The average Bonchev–Trinajstić information content (AvgIpc) is 2.82. The third-order valence-corrected chi connectivity index (χ3v) is 3.80. The zero-order chi connectivity index (χ0) is 14.0. The van der Waals surface area contributed by atoms with Crippen LogP contribution in [-0.2, 0) is 4.79 Å². The summed E-state index contributed by atoms with van der Waals surface area (Å²) in [4.78, 5) is 24.3. The number of nitrogens with zero attached hydrogens (tertiary/aromatic N) is 1. The van der Waals surface area contributed by atoms with E-state index in [1.54, 1.807) is 18.2 Å². The number of aliphatic carboxylic acids is 1. The van der Waals surface area contributed by atoms with Gasteiger partial charge in [-0.15, -0.1) is 0 Å². The van der Waals surface area contributed by atoms with Gasteiger partial charge in [-0.05, 0) is 24.6 Å². The molecule has 1 aromatic carbocycles. The molecule has 1 aromatic rings. The van der Waals surface area contributed by atoms with Crippen LogP contribution in [0.2, 0.25) is 5.02 Å². The number of likely N-dealkylation sites (tertiary alicyclic amines) is 1. The van der Waals surface area contributed by atoms with Gasteiger partial charge in [0.1, 0.15) is 0 Å². The van der Waals surface area contributed by atoms with E-state index in [1.165, 1.54) is 4.90 Å². The number of anilines is 1. The molecule has 19 heavy (non-hydrogen) atoms. The molecule has 1 aliphatic heterocycles. The van der Waals surface area contributed by atoms with Crippen molar-refractivity contribution < 1.29 is 14.7 Å². The second-order valence-electron chi connectivity index (χ2n) is 4.32. The average molecular weight is 348 g/mol. The molecule has 2 N–H and O–H groups in total. The summed E-state index contributed by atoms with van der Waals surface area (Å²) < 4.78 is 0.822. The molecule has 2 rings (SSSR count). The van der Waals surface area contributed by atoms with Gasteiger partial charge in [0.05, 0.1) is 16.6 Å². The fourth-order valence-corrected chi connectivity index (χ4v) is 2.65. The zero-order valence-corrected chi connectivity index (χ0v) is 12.2. The summed E-state index contributed by atoms with van der Waals surface area (Å²) in [6, 6.07) is 4.81. The van der Waals surface area contributed by atoms with Crippen molar-refractivity contribution in [3.8, 4) is 0 Å². The third-order valence-electron chi connectivity index (χ3n) is 3.00. The SMILES string of the molecule is O=C(O)C1CCN(C(=O)Nc2ccc(Br)cc2Cl)C1. The lowest BCUT2D eigenvalue weighted by Gasteiger charge is -2.17. The number of rotatable bonds is 2. The van der Waals surface area contributed by atoms with E-state index in [1.807, 2.05) is 0 Å². The number of benzene rings is 1. The van der Waals surface area contributed by atoms with Gasteiger partial charge in [-0.2, -0.15) is 0 Å². The predicted octanol–water partition coefficient (Wildman–Crippen LogP) is 3.04. The summed E-state index contributed by atoms with van der Waals surface area (Å²) in [5, 5.41) is 12.0. The van der Waals surface area contributed by atoms with Crippen molar-refractivity contribution in [3.05, 3.63) is 27.7 Å². The van der Waals surface area contributed by atoms with Crippen LogP contribution < -0.4 is 5.32 Å². The molecule has 0 aliphatic carbocycles. The number of urea groups is 1. The van der Waals surface area contributed by atoms with Crippen molar-refractivity contribution in [3.63, 3.8) is 0 Å². The predicted molar refractivity (Wildman–Crippen MR) is 75.5 cm³/mol. The number of hydrogen-bond donors (Lipinski definition) is 2. The molecular formula is C12H12BrClN2O3. The van der Waals surface area contributed by atoms with Crippen LogP contribution in [-0.4, -0.2) is 35.1 Å². The van der Waals surface area contributed by atoms with Crippen LogP contribution >= 0.6 is 27.5 Å². The lowest BCUT2D eigenvalue weighted by atomic mass is 10.1. The molecule has 102 valence electrons. The molecule has 1 aliphatic rings. The molecule has 0 spiro atoms. The van der Waals surface area contributed by atoms with Crippen LogP contribution in [0.3, 0.4) is 0 Å². The van der Waals surface area contributed by atoms with Crippen LogP contribution in [0.5, 0.6) is 0 Å². The number of halogens is 2. The Balaban J connectivity index is 2.00. The van der Waals surface area contributed by atoms with E-state index < -0.39 is 11.9 Å². The van der Waals surface area contributed by atoms with Crippen LogP contribution in [0.4, 0.5) is 10.5 Å². The minimum atomic E-state index is -0.864. The molecule has 2 amide bonds. The van der Waals surface area contributed by atoms with Gasteiger partial charge in [0.2, 0.25) is 0 Å². The molecular weight excluding hydrogens is 336 g/mol. The quantitative estimate of drug-likeness (QED) is 0.864. The molecule has 0 radical (unpaired) electrons. The summed E-state index contributed by atoms with van der Waals surface area (Å²) >= 11 is 9.28. The standard InChI is InChI=1S/C12H12BrClN2O3/c13-8-1-2-10(9(14)5-8)15-12(19)16-4-3-7(6-16)11(17)18/h1-2,5,7H,3-4,6H2,(H,15,19)(H,17,18). The van der Waals surface area contributed by atoms with Crippen molar-refractivity contribution in [2.75, 3.05) is 18.4 Å². The van der Waals surface area contributed by atoms with Crippen molar-refractivity contribution in [2.24, 2.45) is 5.92 Å². The molecule has 1 heterocycles. The summed E-state index contributed by atoms with van der Waals surface area (Å²) in [6.45, 7) is 0.673. The van der Waals surface area contributed by atoms with Gasteiger partial charge in [0, 0.05) is 17.6 Å². The first-order chi connectivity index (χ1) is 8.97. The van der Waals surface area contributed by atoms with Gasteiger partial charge in [-0.25, -0.2) is 4.79 Å². The van der Waals surface area contributed by atoms with Gasteiger partial charge in [0.25, 0.3) is 0 Å². The maximum atomic E-state index is 12.0. The van der Waals surface area contributed by atoms with Gasteiger partial charge in [-0.3, -0.25) is 4.79 Å². The molecule has 1 unspecified atom stereocenters. The second-order valence-corrected chi connectivity index (χ2v) is 5.65. The summed E-state index contributed by atoms with van der Waals surface area (Å²) in [5.74, 6) is -1.34. The number of carboxylic acid groups (broad SMARTS) is 1. The highest BCUT2D eigenvalue weighted by molar-refractivity contribution is 9.10. The van der Waals surface area contributed by atoms with E-state index in [-0.39, 0.29) is 12.6 Å². The Hall–Kier alpha value is -1.27. The molecule has 0 aromatic heterocycles.